The highest BCUT2D eigenvalue weighted by Crippen LogP contribution is 2.30. The van der Waals surface area contributed by atoms with Crippen LogP contribution in [0.1, 0.15) is 12.8 Å². The van der Waals surface area contributed by atoms with Gasteiger partial charge in [0.05, 0.1) is 0 Å². The summed E-state index contributed by atoms with van der Waals surface area (Å²) in [5.41, 5.74) is 0. The summed E-state index contributed by atoms with van der Waals surface area (Å²) in [6.45, 7) is 0.857. The van der Waals surface area contributed by atoms with Crippen molar-refractivity contribution < 1.29 is 20.7 Å². The molecule has 0 unspecified atom stereocenters. The van der Waals surface area contributed by atoms with Crippen LogP contribution in [0.4, 0.5) is 3.89 Å². The number of rotatable bonds is 3. The van der Waals surface area contributed by atoms with Gasteiger partial charge in [0.25, 0.3) is 10.0 Å². The average molecular weight is 299 g/mol. The molecule has 9 heteroatoms. The van der Waals surface area contributed by atoms with Crippen molar-refractivity contribution in [2.45, 2.75) is 21.3 Å². The number of hydrogen-bond donors (Lipinski definition) is 0. The highest BCUT2D eigenvalue weighted by molar-refractivity contribution is 7.92. The van der Waals surface area contributed by atoms with E-state index >= 15 is 0 Å². The second-order valence-electron chi connectivity index (χ2n) is 3.62. The van der Waals surface area contributed by atoms with E-state index in [2.05, 4.69) is 0 Å². The third-order valence-corrected chi connectivity index (χ3v) is 7.17. The Bertz CT molecular complexity index is 613. The van der Waals surface area contributed by atoms with Crippen LogP contribution in [0.5, 0.6) is 0 Å². The molecule has 0 N–H and O–H groups in total. The highest BCUT2D eigenvalue weighted by atomic mass is 32.3. The Balaban J connectivity index is 2.38. The van der Waals surface area contributed by atoms with Crippen molar-refractivity contribution in [3.05, 3.63) is 12.1 Å². The molecule has 1 aliphatic rings. The van der Waals surface area contributed by atoms with Crippen LogP contribution in [0.25, 0.3) is 0 Å². The Labute approximate surface area is 103 Å². The molecule has 96 valence electrons. The van der Waals surface area contributed by atoms with Gasteiger partial charge in [0.15, 0.2) is 4.21 Å². The van der Waals surface area contributed by atoms with E-state index in [1.807, 2.05) is 0 Å². The summed E-state index contributed by atoms with van der Waals surface area (Å²) in [7, 11) is -8.49. The van der Waals surface area contributed by atoms with Gasteiger partial charge in [0.1, 0.15) is 4.21 Å². The van der Waals surface area contributed by atoms with Crippen molar-refractivity contribution in [2.75, 3.05) is 13.1 Å². The summed E-state index contributed by atoms with van der Waals surface area (Å²) in [5.74, 6) is 0. The number of hydrogen-bond acceptors (Lipinski definition) is 5. The lowest BCUT2D eigenvalue weighted by atomic mass is 10.4. The van der Waals surface area contributed by atoms with E-state index in [-0.39, 0.29) is 4.21 Å². The lowest BCUT2D eigenvalue weighted by molar-refractivity contribution is 0.479. The van der Waals surface area contributed by atoms with Crippen molar-refractivity contribution in [3.8, 4) is 0 Å². The van der Waals surface area contributed by atoms with E-state index in [4.69, 9.17) is 0 Å². The first-order valence-corrected chi connectivity index (χ1v) is 8.50. The third-order valence-electron chi connectivity index (χ3n) is 2.46. The summed E-state index contributed by atoms with van der Waals surface area (Å²) in [6, 6.07) is 2.10. The summed E-state index contributed by atoms with van der Waals surface area (Å²) < 4.78 is 58.5. The van der Waals surface area contributed by atoms with Gasteiger partial charge in [-0.25, -0.2) is 8.42 Å². The zero-order chi connectivity index (χ0) is 12.7. The molecule has 1 aromatic heterocycles. The predicted molar refractivity (Wildman–Crippen MR) is 60.6 cm³/mol. The summed E-state index contributed by atoms with van der Waals surface area (Å²) in [5, 5.41) is 0. The van der Waals surface area contributed by atoms with Gasteiger partial charge in [-0.3, -0.25) is 0 Å². The fraction of sp³-hybridized carbons (Fsp3) is 0.500. The lowest BCUT2D eigenvalue weighted by Gasteiger charge is -2.13. The van der Waals surface area contributed by atoms with Gasteiger partial charge in [0, 0.05) is 13.1 Å². The normalized spacial score (nSPS) is 18.6. The molecule has 1 aliphatic heterocycles. The van der Waals surface area contributed by atoms with Gasteiger partial charge in [0.2, 0.25) is 0 Å². The van der Waals surface area contributed by atoms with Gasteiger partial charge in [-0.05, 0) is 25.0 Å². The van der Waals surface area contributed by atoms with Crippen molar-refractivity contribution in [2.24, 2.45) is 0 Å². The van der Waals surface area contributed by atoms with Crippen LogP contribution in [0, 0.1) is 0 Å². The Kier molecular flexibility index (Phi) is 3.27. The minimum Gasteiger partial charge on any atom is -0.206 e. The van der Waals surface area contributed by atoms with Crippen LogP contribution in [-0.2, 0) is 20.2 Å². The molecule has 0 radical (unpaired) electrons. The van der Waals surface area contributed by atoms with Crippen molar-refractivity contribution in [1.29, 1.82) is 0 Å². The Morgan fingerprint density at radius 2 is 1.59 bits per heavy atom. The Morgan fingerprint density at radius 1 is 1.06 bits per heavy atom. The molecule has 2 rings (SSSR count). The summed E-state index contributed by atoms with van der Waals surface area (Å²) >= 11 is 0.441. The maximum Gasteiger partial charge on any atom is 0.341 e. The Morgan fingerprint density at radius 3 is 2.06 bits per heavy atom. The van der Waals surface area contributed by atoms with Gasteiger partial charge >= 0.3 is 10.2 Å². The number of sulfonamides is 1. The zero-order valence-corrected chi connectivity index (χ0v) is 11.1. The fourth-order valence-corrected chi connectivity index (χ4v) is 5.40. The van der Waals surface area contributed by atoms with E-state index < -0.39 is 24.5 Å². The molecule has 0 atom stereocenters. The average Bonchev–Trinajstić information content (AvgIpc) is 2.89. The van der Waals surface area contributed by atoms with Gasteiger partial charge in [-0.2, -0.15) is 12.7 Å². The van der Waals surface area contributed by atoms with Crippen LogP contribution < -0.4 is 0 Å². The SMILES string of the molecule is O=S(=O)(F)c1ccc(S(=O)(=O)N2CCCC2)s1. The largest absolute Gasteiger partial charge is 0.341 e. The second kappa shape index (κ2) is 4.30. The molecule has 0 bridgehead atoms. The van der Waals surface area contributed by atoms with E-state index in [0.29, 0.717) is 24.4 Å². The predicted octanol–water partition coefficient (Wildman–Crippen LogP) is 1.19. The molecular formula is C8H10FNO4S3. The minimum absolute atomic E-state index is 0.129. The zero-order valence-electron chi connectivity index (χ0n) is 8.67. The monoisotopic (exact) mass is 299 g/mol. The van der Waals surface area contributed by atoms with E-state index in [9.17, 15) is 20.7 Å². The van der Waals surface area contributed by atoms with E-state index in [1.54, 1.807) is 0 Å². The topological polar surface area (TPSA) is 71.5 Å². The molecule has 2 heterocycles. The first kappa shape index (κ1) is 12.9. The summed E-state index contributed by atoms with van der Waals surface area (Å²) in [4.78, 5) is 0. The number of halogens is 1. The lowest BCUT2D eigenvalue weighted by Crippen LogP contribution is -2.27. The maximum absolute atomic E-state index is 12.7. The van der Waals surface area contributed by atoms with Gasteiger partial charge in [-0.1, -0.05) is 3.89 Å². The second-order valence-corrected chi connectivity index (χ2v) is 8.44. The number of nitrogens with zero attached hydrogens (tertiary/aromatic N) is 1. The smallest absolute Gasteiger partial charge is 0.206 e. The molecule has 0 aromatic carbocycles. The Hall–Kier alpha value is -0.510. The third kappa shape index (κ3) is 2.51. The molecule has 1 aromatic rings. The first-order chi connectivity index (χ1) is 7.82. The van der Waals surface area contributed by atoms with Crippen LogP contribution in [0.2, 0.25) is 0 Å². The van der Waals surface area contributed by atoms with Gasteiger partial charge < -0.3 is 0 Å². The molecular weight excluding hydrogens is 289 g/mol. The standard InChI is InChI=1S/C8H10FNO4S3/c9-16(11,12)7-3-4-8(15-7)17(13,14)10-5-1-2-6-10/h3-4H,1-2,5-6H2. The first-order valence-electron chi connectivity index (χ1n) is 4.86. The fourth-order valence-electron chi connectivity index (χ4n) is 1.63. The van der Waals surface area contributed by atoms with Crippen molar-refractivity contribution in [1.82, 2.24) is 4.31 Å². The van der Waals surface area contributed by atoms with E-state index in [0.717, 1.165) is 25.0 Å². The highest BCUT2D eigenvalue weighted by Gasteiger charge is 2.30. The molecule has 5 nitrogen and oxygen atoms in total. The molecule has 1 fully saturated rings. The molecule has 0 amide bonds. The van der Waals surface area contributed by atoms with E-state index in [1.165, 1.54) is 4.31 Å². The minimum atomic E-state index is -4.83. The van der Waals surface area contributed by atoms with Crippen LogP contribution in [0.15, 0.2) is 20.6 Å². The van der Waals surface area contributed by atoms with Crippen molar-refractivity contribution in [3.63, 3.8) is 0 Å². The number of thiophene rings is 1. The molecule has 0 aliphatic carbocycles. The molecule has 0 saturated carbocycles. The van der Waals surface area contributed by atoms with Crippen LogP contribution in [-0.4, -0.2) is 34.2 Å². The molecule has 0 spiro atoms. The molecule has 17 heavy (non-hydrogen) atoms. The maximum atomic E-state index is 12.7. The quantitative estimate of drug-likeness (QED) is 0.786. The van der Waals surface area contributed by atoms with Crippen LogP contribution >= 0.6 is 11.3 Å². The summed E-state index contributed by atoms with van der Waals surface area (Å²) in [6.07, 6.45) is 1.58. The molecule has 1 saturated heterocycles. The van der Waals surface area contributed by atoms with Crippen molar-refractivity contribution >= 4 is 31.6 Å². The van der Waals surface area contributed by atoms with Crippen LogP contribution in [0.3, 0.4) is 0 Å². The van der Waals surface area contributed by atoms with Gasteiger partial charge in [-0.15, -0.1) is 11.3 Å².